The molecule has 0 aliphatic carbocycles. The summed E-state index contributed by atoms with van der Waals surface area (Å²) >= 11 is 3.15. The third kappa shape index (κ3) is 4.40. The van der Waals surface area contributed by atoms with Crippen molar-refractivity contribution in [2.24, 2.45) is 0 Å². The topological polar surface area (TPSA) is 46.2 Å². The summed E-state index contributed by atoms with van der Waals surface area (Å²) in [6.07, 6.45) is 0. The molecule has 3 nitrogen and oxygen atoms in total. The maximum Gasteiger partial charge on any atom is 0.216 e. The van der Waals surface area contributed by atoms with Gasteiger partial charge in [-0.15, -0.1) is 0 Å². The summed E-state index contributed by atoms with van der Waals surface area (Å²) in [6.45, 7) is -0.0612. The zero-order valence-corrected chi connectivity index (χ0v) is 12.9. The lowest BCUT2D eigenvalue weighted by Gasteiger charge is -2.08. The lowest BCUT2D eigenvalue weighted by atomic mass is 10.2. The van der Waals surface area contributed by atoms with Crippen LogP contribution >= 0.6 is 15.9 Å². The zero-order valence-electron chi connectivity index (χ0n) is 10.5. The Hall–Kier alpha value is -1.24. The lowest BCUT2D eigenvalue weighted by molar-refractivity contribution is 0.573. The third-order valence-electron chi connectivity index (χ3n) is 2.70. The van der Waals surface area contributed by atoms with Gasteiger partial charge in [-0.1, -0.05) is 52.3 Å². The molecule has 0 bridgehead atoms. The van der Waals surface area contributed by atoms with E-state index in [0.717, 1.165) is 0 Å². The number of rotatable bonds is 5. The van der Waals surface area contributed by atoms with Crippen molar-refractivity contribution in [1.29, 1.82) is 0 Å². The molecule has 2 aromatic rings. The van der Waals surface area contributed by atoms with E-state index in [2.05, 4.69) is 20.7 Å². The van der Waals surface area contributed by atoms with Gasteiger partial charge in [-0.2, -0.15) is 0 Å². The Morgan fingerprint density at radius 1 is 1.10 bits per heavy atom. The molecule has 20 heavy (non-hydrogen) atoms. The van der Waals surface area contributed by atoms with E-state index in [1.165, 1.54) is 6.07 Å². The predicted molar refractivity (Wildman–Crippen MR) is 80.0 cm³/mol. The van der Waals surface area contributed by atoms with E-state index < -0.39 is 15.8 Å². The largest absolute Gasteiger partial charge is 0.216 e. The lowest BCUT2D eigenvalue weighted by Crippen LogP contribution is -2.25. The predicted octanol–water partition coefficient (Wildman–Crippen LogP) is 3.21. The first-order valence-electron chi connectivity index (χ1n) is 5.91. The van der Waals surface area contributed by atoms with Crippen LogP contribution in [0.25, 0.3) is 0 Å². The van der Waals surface area contributed by atoms with Gasteiger partial charge in [0, 0.05) is 16.6 Å². The van der Waals surface area contributed by atoms with Crippen molar-refractivity contribution in [2.75, 3.05) is 0 Å². The van der Waals surface area contributed by atoms with Crippen molar-refractivity contribution in [3.8, 4) is 0 Å². The zero-order chi connectivity index (χ0) is 14.6. The number of benzene rings is 2. The molecule has 0 aliphatic rings. The van der Waals surface area contributed by atoms with E-state index >= 15 is 0 Å². The summed E-state index contributed by atoms with van der Waals surface area (Å²) in [5.74, 6) is -0.562. The van der Waals surface area contributed by atoms with E-state index in [4.69, 9.17) is 0 Å². The van der Waals surface area contributed by atoms with E-state index in [1.54, 1.807) is 36.4 Å². The molecule has 0 radical (unpaired) electrons. The number of sulfonamides is 1. The first-order valence-corrected chi connectivity index (χ1v) is 8.36. The maximum absolute atomic E-state index is 13.6. The molecular formula is C14H13BrFNO2S. The number of hydrogen-bond donors (Lipinski definition) is 1. The first kappa shape index (κ1) is 15.2. The smallest absolute Gasteiger partial charge is 0.212 e. The summed E-state index contributed by atoms with van der Waals surface area (Å²) in [5.41, 5.74) is 1.00. The molecule has 0 atom stereocenters. The monoisotopic (exact) mass is 357 g/mol. The number of halogens is 2. The summed E-state index contributed by atoms with van der Waals surface area (Å²) in [6, 6.07) is 13.4. The second-order valence-corrected chi connectivity index (χ2v) is 7.02. The number of hydrogen-bond acceptors (Lipinski definition) is 2. The fraction of sp³-hybridized carbons (Fsp3) is 0.143. The van der Waals surface area contributed by atoms with Crippen molar-refractivity contribution in [3.05, 3.63) is 69.9 Å². The molecule has 106 valence electrons. The van der Waals surface area contributed by atoms with Crippen molar-refractivity contribution in [1.82, 2.24) is 4.72 Å². The second kappa shape index (κ2) is 6.47. The highest BCUT2D eigenvalue weighted by atomic mass is 79.9. The van der Waals surface area contributed by atoms with Crippen LogP contribution in [0.2, 0.25) is 0 Å². The minimum Gasteiger partial charge on any atom is -0.212 e. The van der Waals surface area contributed by atoms with E-state index in [9.17, 15) is 12.8 Å². The SMILES string of the molecule is O=S(=O)(Cc1ccccc1)NCc1ccc(Br)cc1F. The molecule has 0 aromatic heterocycles. The molecular weight excluding hydrogens is 345 g/mol. The van der Waals surface area contributed by atoms with Crippen molar-refractivity contribution >= 4 is 26.0 Å². The Labute approximate surface area is 126 Å². The Kier molecular flexibility index (Phi) is 4.91. The molecule has 0 unspecified atom stereocenters. The standard InChI is InChI=1S/C14H13BrFNO2S/c15-13-7-6-12(14(16)8-13)9-17-20(18,19)10-11-4-2-1-3-5-11/h1-8,17H,9-10H2. The van der Waals surface area contributed by atoms with Crippen LogP contribution in [0.1, 0.15) is 11.1 Å². The molecule has 0 spiro atoms. The Morgan fingerprint density at radius 2 is 1.80 bits per heavy atom. The van der Waals surface area contributed by atoms with Crippen LogP contribution < -0.4 is 4.72 Å². The maximum atomic E-state index is 13.6. The van der Waals surface area contributed by atoms with Gasteiger partial charge in [-0.25, -0.2) is 17.5 Å². The van der Waals surface area contributed by atoms with Gasteiger partial charge >= 0.3 is 0 Å². The van der Waals surface area contributed by atoms with Crippen LogP contribution in [0, 0.1) is 5.82 Å². The molecule has 6 heteroatoms. The molecule has 0 saturated carbocycles. The van der Waals surface area contributed by atoms with Gasteiger partial charge in [-0.3, -0.25) is 0 Å². The van der Waals surface area contributed by atoms with Gasteiger partial charge in [0.05, 0.1) is 5.75 Å². The van der Waals surface area contributed by atoms with Crippen molar-refractivity contribution in [2.45, 2.75) is 12.3 Å². The second-order valence-electron chi connectivity index (χ2n) is 4.30. The highest BCUT2D eigenvalue weighted by Gasteiger charge is 2.12. The van der Waals surface area contributed by atoms with Gasteiger partial charge in [0.25, 0.3) is 0 Å². The van der Waals surface area contributed by atoms with Gasteiger partial charge in [-0.05, 0) is 17.7 Å². The molecule has 2 rings (SSSR count). The quantitative estimate of drug-likeness (QED) is 0.892. The minimum absolute atomic E-state index is 0.0612. The highest BCUT2D eigenvalue weighted by Crippen LogP contribution is 2.15. The summed E-state index contributed by atoms with van der Waals surface area (Å²) in [5, 5.41) is 0. The van der Waals surface area contributed by atoms with Gasteiger partial charge in [0.1, 0.15) is 5.82 Å². The van der Waals surface area contributed by atoms with Crippen LogP contribution in [0.4, 0.5) is 4.39 Å². The van der Waals surface area contributed by atoms with Crippen LogP contribution in [-0.4, -0.2) is 8.42 Å². The highest BCUT2D eigenvalue weighted by molar-refractivity contribution is 9.10. The van der Waals surface area contributed by atoms with Crippen molar-refractivity contribution in [3.63, 3.8) is 0 Å². The molecule has 0 amide bonds. The van der Waals surface area contributed by atoms with Crippen LogP contribution in [-0.2, 0) is 22.3 Å². The van der Waals surface area contributed by atoms with Crippen LogP contribution in [0.3, 0.4) is 0 Å². The fourth-order valence-electron chi connectivity index (χ4n) is 1.70. The summed E-state index contributed by atoms with van der Waals surface area (Å²) in [4.78, 5) is 0. The van der Waals surface area contributed by atoms with Gasteiger partial charge in [0.2, 0.25) is 10.0 Å². The van der Waals surface area contributed by atoms with Crippen molar-refractivity contribution < 1.29 is 12.8 Å². The average molecular weight is 358 g/mol. The van der Waals surface area contributed by atoms with E-state index in [1.807, 2.05) is 6.07 Å². The number of nitrogens with one attached hydrogen (secondary N) is 1. The molecule has 1 N–H and O–H groups in total. The van der Waals surface area contributed by atoms with E-state index in [0.29, 0.717) is 15.6 Å². The molecule has 0 heterocycles. The van der Waals surface area contributed by atoms with Crippen LogP contribution in [0.15, 0.2) is 53.0 Å². The molecule has 0 aliphatic heterocycles. The summed E-state index contributed by atoms with van der Waals surface area (Å²) < 4.78 is 40.4. The third-order valence-corrected chi connectivity index (χ3v) is 4.49. The van der Waals surface area contributed by atoms with Gasteiger partial charge < -0.3 is 0 Å². The fourth-order valence-corrected chi connectivity index (χ4v) is 3.14. The normalized spacial score (nSPS) is 11.5. The average Bonchev–Trinajstić information content (AvgIpc) is 2.38. The Morgan fingerprint density at radius 3 is 2.45 bits per heavy atom. The molecule has 2 aromatic carbocycles. The molecule has 0 fully saturated rings. The minimum atomic E-state index is -3.49. The Balaban J connectivity index is 2.02. The van der Waals surface area contributed by atoms with Crippen LogP contribution in [0.5, 0.6) is 0 Å². The molecule has 0 saturated heterocycles. The van der Waals surface area contributed by atoms with E-state index in [-0.39, 0.29) is 12.3 Å². The Bertz CT molecular complexity index is 690. The summed E-state index contributed by atoms with van der Waals surface area (Å²) in [7, 11) is -3.49. The van der Waals surface area contributed by atoms with Gasteiger partial charge in [0.15, 0.2) is 0 Å². The first-order chi connectivity index (χ1) is 9.46.